The van der Waals surface area contributed by atoms with Crippen LogP contribution in [0.15, 0.2) is 12.2 Å². The molecule has 0 atom stereocenters. The highest BCUT2D eigenvalue weighted by atomic mass is 19.4. The molecule has 0 aliphatic heterocycles. The molecule has 0 spiro atoms. The monoisotopic (exact) mass is 328 g/mol. The number of alkyl halides is 8. The van der Waals surface area contributed by atoms with Crippen molar-refractivity contribution in [2.45, 2.75) is 50.6 Å². The van der Waals surface area contributed by atoms with E-state index in [1.165, 1.54) is 0 Å². The van der Waals surface area contributed by atoms with E-state index in [0.29, 0.717) is 0 Å². The van der Waals surface area contributed by atoms with Gasteiger partial charge in [-0.1, -0.05) is 6.58 Å². The van der Waals surface area contributed by atoms with Gasteiger partial charge in [0.25, 0.3) is 0 Å². The number of hydrogen-bond acceptors (Lipinski definition) is 2. The van der Waals surface area contributed by atoms with Gasteiger partial charge in [-0.25, -0.2) is 13.6 Å². The number of rotatable bonds is 6. The van der Waals surface area contributed by atoms with Gasteiger partial charge >= 0.3 is 30.2 Å². The lowest BCUT2D eigenvalue weighted by Gasteiger charge is -2.40. The molecular weight excluding hydrogens is 316 g/mol. The summed E-state index contributed by atoms with van der Waals surface area (Å²) < 4.78 is 107. The topological polar surface area (TPSA) is 26.3 Å². The molecule has 0 aliphatic rings. The maximum absolute atomic E-state index is 13.6. The van der Waals surface area contributed by atoms with Gasteiger partial charge < -0.3 is 4.74 Å². The first-order valence-electron chi connectivity index (χ1n) is 5.32. The number of hydrogen-bond donors (Lipinski definition) is 0. The Bertz CT molecular complexity index is 428. The normalized spacial score (nSPS) is 14.3. The maximum atomic E-state index is 13.6. The molecule has 21 heavy (non-hydrogen) atoms. The third-order valence-electron chi connectivity index (χ3n) is 2.54. The lowest BCUT2D eigenvalue weighted by atomic mass is 9.90. The Kier molecular flexibility index (Phi) is 5.10. The van der Waals surface area contributed by atoms with E-state index in [2.05, 4.69) is 11.3 Å². The summed E-state index contributed by atoms with van der Waals surface area (Å²) in [5.41, 5.74) is -3.95. The Hall–Kier alpha value is -1.35. The first-order valence-corrected chi connectivity index (χ1v) is 5.32. The summed E-state index contributed by atoms with van der Waals surface area (Å²) in [4.78, 5) is 11.1. The molecule has 0 N–H and O–H groups in total. The van der Waals surface area contributed by atoms with E-state index in [0.717, 1.165) is 6.92 Å². The van der Waals surface area contributed by atoms with Gasteiger partial charge in [-0.15, -0.1) is 0 Å². The Morgan fingerprint density at radius 2 is 1.38 bits per heavy atom. The van der Waals surface area contributed by atoms with Crippen LogP contribution in [0, 0.1) is 0 Å². The zero-order valence-corrected chi connectivity index (χ0v) is 11.1. The van der Waals surface area contributed by atoms with Crippen molar-refractivity contribution in [3.8, 4) is 0 Å². The van der Waals surface area contributed by atoms with Crippen molar-refractivity contribution < 1.29 is 44.7 Å². The molecule has 10 heteroatoms. The number of esters is 1. The summed E-state index contributed by atoms with van der Waals surface area (Å²) in [7, 11) is 0. The number of carbonyl (C=O) groups excluding carboxylic acids is 1. The predicted molar refractivity (Wildman–Crippen MR) is 55.8 cm³/mol. The fourth-order valence-electron chi connectivity index (χ4n) is 1.11. The van der Waals surface area contributed by atoms with Crippen molar-refractivity contribution in [3.05, 3.63) is 12.2 Å². The van der Waals surface area contributed by atoms with Gasteiger partial charge in [-0.3, -0.25) is 0 Å². The van der Waals surface area contributed by atoms with E-state index >= 15 is 0 Å². The molecule has 124 valence electrons. The summed E-state index contributed by atoms with van der Waals surface area (Å²) in [5, 5.41) is 0. The fourth-order valence-corrected chi connectivity index (χ4v) is 1.11. The summed E-state index contributed by atoms with van der Waals surface area (Å²) >= 11 is 0. The zero-order chi connectivity index (χ0) is 17.4. The van der Waals surface area contributed by atoms with E-state index < -0.39 is 41.3 Å². The summed E-state index contributed by atoms with van der Waals surface area (Å²) in [5.74, 6) is -20.1. The van der Waals surface area contributed by atoms with Crippen LogP contribution in [0.25, 0.3) is 0 Å². The quantitative estimate of drug-likeness (QED) is 0.418. The SMILES string of the molecule is C=C(C)C(=O)OC(C)(C)C(F)(F)C(F)(F)C(F)(F)C(F)F. The minimum Gasteiger partial charge on any atom is -0.450 e. The molecule has 0 heterocycles. The Morgan fingerprint density at radius 1 is 1.00 bits per heavy atom. The predicted octanol–water partition coefficient (Wildman–Crippen LogP) is 4.06. The molecule has 0 saturated carbocycles. The van der Waals surface area contributed by atoms with Gasteiger partial charge in [0.05, 0.1) is 0 Å². The van der Waals surface area contributed by atoms with Crippen LogP contribution in [0.3, 0.4) is 0 Å². The molecule has 0 aromatic rings. The average Bonchev–Trinajstić information content (AvgIpc) is 2.26. The second-order valence-electron chi connectivity index (χ2n) is 4.75. The zero-order valence-electron chi connectivity index (χ0n) is 11.1. The standard InChI is InChI=1S/C11H12F8O2/c1-5(2)6(20)21-8(3,4)10(16,17)11(18,19)9(14,15)7(12)13/h7H,1H2,2-4H3. The molecule has 0 aromatic heterocycles. The van der Waals surface area contributed by atoms with Crippen molar-refractivity contribution in [2.75, 3.05) is 0 Å². The molecule has 0 radical (unpaired) electrons. The number of carbonyl (C=O) groups is 1. The highest BCUT2D eigenvalue weighted by Crippen LogP contribution is 2.53. The number of halogens is 8. The van der Waals surface area contributed by atoms with Crippen LogP contribution in [0.2, 0.25) is 0 Å². The molecule has 0 aromatic carbocycles. The molecule has 2 nitrogen and oxygen atoms in total. The second kappa shape index (κ2) is 5.45. The molecule has 0 rings (SSSR count). The first kappa shape index (κ1) is 19.7. The highest BCUT2D eigenvalue weighted by Gasteiger charge is 2.80. The Morgan fingerprint density at radius 3 is 1.67 bits per heavy atom. The van der Waals surface area contributed by atoms with Crippen LogP contribution in [-0.4, -0.2) is 35.8 Å². The molecule has 0 unspecified atom stereocenters. The van der Waals surface area contributed by atoms with Crippen molar-refractivity contribution in [1.82, 2.24) is 0 Å². The summed E-state index contributed by atoms with van der Waals surface area (Å²) in [6.07, 6.45) is -5.04. The van der Waals surface area contributed by atoms with E-state index in [4.69, 9.17) is 0 Å². The lowest BCUT2D eigenvalue weighted by Crippen LogP contribution is -2.66. The van der Waals surface area contributed by atoms with Crippen molar-refractivity contribution in [2.24, 2.45) is 0 Å². The van der Waals surface area contributed by atoms with E-state index in [9.17, 15) is 39.9 Å². The minimum absolute atomic E-state index is 0.198. The van der Waals surface area contributed by atoms with Gasteiger partial charge in [-0.2, -0.15) is 26.3 Å². The Labute approximate surface area is 114 Å². The van der Waals surface area contributed by atoms with Crippen LogP contribution < -0.4 is 0 Å². The van der Waals surface area contributed by atoms with Gasteiger partial charge in [-0.05, 0) is 20.8 Å². The van der Waals surface area contributed by atoms with Crippen LogP contribution in [-0.2, 0) is 9.53 Å². The smallest absolute Gasteiger partial charge is 0.381 e. The molecule has 0 aliphatic carbocycles. The Balaban J connectivity index is 5.73. The van der Waals surface area contributed by atoms with Crippen LogP contribution in [0.5, 0.6) is 0 Å². The van der Waals surface area contributed by atoms with Gasteiger partial charge in [0.2, 0.25) is 0 Å². The van der Waals surface area contributed by atoms with E-state index in [1.54, 1.807) is 0 Å². The molecular formula is C11H12F8O2. The molecule has 0 fully saturated rings. The number of ether oxygens (including phenoxy) is 1. The van der Waals surface area contributed by atoms with Crippen LogP contribution >= 0.6 is 0 Å². The third kappa shape index (κ3) is 3.13. The van der Waals surface area contributed by atoms with Crippen molar-refractivity contribution in [1.29, 1.82) is 0 Å². The third-order valence-corrected chi connectivity index (χ3v) is 2.54. The highest BCUT2D eigenvalue weighted by molar-refractivity contribution is 5.87. The van der Waals surface area contributed by atoms with E-state index in [1.807, 2.05) is 0 Å². The largest absolute Gasteiger partial charge is 0.450 e. The lowest BCUT2D eigenvalue weighted by molar-refractivity contribution is -0.370. The van der Waals surface area contributed by atoms with Crippen LogP contribution in [0.1, 0.15) is 20.8 Å². The average molecular weight is 328 g/mol. The second-order valence-corrected chi connectivity index (χ2v) is 4.75. The van der Waals surface area contributed by atoms with Gasteiger partial charge in [0, 0.05) is 5.57 Å². The molecule has 0 amide bonds. The van der Waals surface area contributed by atoms with Crippen molar-refractivity contribution in [3.63, 3.8) is 0 Å². The van der Waals surface area contributed by atoms with Gasteiger partial charge in [0.1, 0.15) is 0 Å². The van der Waals surface area contributed by atoms with Gasteiger partial charge in [0.15, 0.2) is 5.60 Å². The maximum Gasteiger partial charge on any atom is 0.381 e. The summed E-state index contributed by atoms with van der Waals surface area (Å²) in [6.45, 7) is 4.37. The minimum atomic E-state index is -6.45. The molecule has 0 saturated heterocycles. The summed E-state index contributed by atoms with van der Waals surface area (Å²) in [6, 6.07) is 0. The fraction of sp³-hybridized carbons (Fsp3) is 0.727. The van der Waals surface area contributed by atoms with E-state index in [-0.39, 0.29) is 13.8 Å². The van der Waals surface area contributed by atoms with Crippen molar-refractivity contribution >= 4 is 5.97 Å². The first-order chi connectivity index (χ1) is 9.02. The molecule has 0 bridgehead atoms. The van der Waals surface area contributed by atoms with Crippen LogP contribution in [0.4, 0.5) is 35.1 Å².